The summed E-state index contributed by atoms with van der Waals surface area (Å²) < 4.78 is 33.0. The van der Waals surface area contributed by atoms with Crippen LogP contribution < -0.4 is 5.32 Å². The van der Waals surface area contributed by atoms with E-state index in [0.717, 1.165) is 38.7 Å². The van der Waals surface area contributed by atoms with E-state index >= 15 is 0 Å². The number of halogens is 4. The van der Waals surface area contributed by atoms with Crippen molar-refractivity contribution in [3.63, 3.8) is 0 Å². The highest BCUT2D eigenvalue weighted by molar-refractivity contribution is 5.85. The molecule has 1 heterocycles. The zero-order valence-corrected chi connectivity index (χ0v) is 16.5. The molecule has 0 saturated carbocycles. The van der Waals surface area contributed by atoms with E-state index in [2.05, 4.69) is 34.5 Å². The SMILES string of the molecule is Cl.Cl.Fc1cc(F)cc(CO[C@@H]2Cc3ccccc3[C@@H]2N2CCNCC2)c1. The fraction of sp³-hybridized carbons (Fsp3) is 0.400. The molecule has 0 amide bonds. The van der Waals surface area contributed by atoms with Gasteiger partial charge < -0.3 is 10.1 Å². The largest absolute Gasteiger partial charge is 0.371 e. The van der Waals surface area contributed by atoms with Crippen LogP contribution in [-0.4, -0.2) is 37.2 Å². The first-order chi connectivity index (χ1) is 12.2. The maximum absolute atomic E-state index is 13.4. The fourth-order valence-electron chi connectivity index (χ4n) is 3.98. The van der Waals surface area contributed by atoms with E-state index in [1.54, 1.807) is 0 Å². The van der Waals surface area contributed by atoms with Crippen molar-refractivity contribution in [1.82, 2.24) is 10.2 Å². The van der Waals surface area contributed by atoms with Crippen LogP contribution in [0, 0.1) is 11.6 Å². The number of hydrogen-bond acceptors (Lipinski definition) is 3. The van der Waals surface area contributed by atoms with Crippen LogP contribution in [0.2, 0.25) is 0 Å². The highest BCUT2D eigenvalue weighted by atomic mass is 35.5. The van der Waals surface area contributed by atoms with E-state index in [-0.39, 0.29) is 43.6 Å². The van der Waals surface area contributed by atoms with E-state index < -0.39 is 11.6 Å². The number of fused-ring (bicyclic) bond motifs is 1. The molecule has 2 atom stereocenters. The average Bonchev–Trinajstić information content (AvgIpc) is 2.98. The molecule has 2 aromatic rings. The fourth-order valence-corrected chi connectivity index (χ4v) is 3.98. The molecular weight excluding hydrogens is 393 g/mol. The van der Waals surface area contributed by atoms with Crippen molar-refractivity contribution in [2.75, 3.05) is 26.2 Å². The minimum absolute atomic E-state index is 0. The smallest absolute Gasteiger partial charge is 0.126 e. The Hall–Kier alpha value is -1.24. The van der Waals surface area contributed by atoms with Gasteiger partial charge in [0.25, 0.3) is 0 Å². The number of hydrogen-bond donors (Lipinski definition) is 1. The van der Waals surface area contributed by atoms with Gasteiger partial charge in [-0.05, 0) is 28.8 Å². The van der Waals surface area contributed by atoms with Gasteiger partial charge in [-0.25, -0.2) is 8.78 Å². The predicted molar refractivity (Wildman–Crippen MR) is 107 cm³/mol. The first kappa shape index (κ1) is 22.1. The third-order valence-electron chi connectivity index (χ3n) is 5.08. The minimum atomic E-state index is -0.563. The molecule has 0 bridgehead atoms. The molecule has 2 aliphatic rings. The molecule has 0 radical (unpaired) electrons. The summed E-state index contributed by atoms with van der Waals surface area (Å²) in [5.74, 6) is -1.13. The zero-order chi connectivity index (χ0) is 17.2. The molecule has 1 saturated heterocycles. The number of piperazine rings is 1. The first-order valence-electron chi connectivity index (χ1n) is 8.80. The third kappa shape index (κ3) is 4.98. The number of rotatable bonds is 4. The minimum Gasteiger partial charge on any atom is -0.371 e. The lowest BCUT2D eigenvalue weighted by Crippen LogP contribution is -2.47. The topological polar surface area (TPSA) is 24.5 Å². The monoisotopic (exact) mass is 416 g/mol. The molecule has 1 N–H and O–H groups in total. The Labute approximate surface area is 170 Å². The lowest BCUT2D eigenvalue weighted by atomic mass is 10.1. The summed E-state index contributed by atoms with van der Waals surface area (Å²) in [6.45, 7) is 4.12. The summed E-state index contributed by atoms with van der Waals surface area (Å²) in [5, 5.41) is 3.38. The molecule has 7 heteroatoms. The highest BCUT2D eigenvalue weighted by Crippen LogP contribution is 2.38. The van der Waals surface area contributed by atoms with Crippen LogP contribution >= 0.6 is 24.8 Å². The van der Waals surface area contributed by atoms with Gasteiger partial charge in [0.1, 0.15) is 11.6 Å². The van der Waals surface area contributed by atoms with E-state index in [9.17, 15) is 8.78 Å². The van der Waals surface area contributed by atoms with Gasteiger partial charge in [0, 0.05) is 38.7 Å². The van der Waals surface area contributed by atoms with Crippen molar-refractivity contribution < 1.29 is 13.5 Å². The number of nitrogens with one attached hydrogen (secondary N) is 1. The molecule has 1 aliphatic carbocycles. The lowest BCUT2D eigenvalue weighted by molar-refractivity contribution is -0.0189. The van der Waals surface area contributed by atoms with Crippen LogP contribution in [0.1, 0.15) is 22.7 Å². The quantitative estimate of drug-likeness (QED) is 0.817. The van der Waals surface area contributed by atoms with Crippen LogP contribution in [0.5, 0.6) is 0 Å². The predicted octanol–water partition coefficient (Wildman–Crippen LogP) is 3.90. The van der Waals surface area contributed by atoms with Crippen molar-refractivity contribution in [2.45, 2.75) is 25.2 Å². The van der Waals surface area contributed by atoms with E-state index in [1.165, 1.54) is 23.3 Å². The van der Waals surface area contributed by atoms with Gasteiger partial charge in [-0.15, -0.1) is 24.8 Å². The molecule has 0 spiro atoms. The summed E-state index contributed by atoms with van der Waals surface area (Å²) in [6, 6.07) is 12.2. The van der Waals surface area contributed by atoms with Gasteiger partial charge >= 0.3 is 0 Å². The van der Waals surface area contributed by atoms with E-state index in [1.807, 2.05) is 0 Å². The van der Waals surface area contributed by atoms with E-state index in [4.69, 9.17) is 4.74 Å². The Bertz CT molecular complexity index is 736. The van der Waals surface area contributed by atoms with Crippen LogP contribution in [0.3, 0.4) is 0 Å². The second-order valence-corrected chi connectivity index (χ2v) is 6.76. The summed E-state index contributed by atoms with van der Waals surface area (Å²) in [5.41, 5.74) is 3.16. The molecule has 0 aromatic heterocycles. The Morgan fingerprint density at radius 1 is 1.00 bits per heavy atom. The van der Waals surface area contributed by atoms with Crippen molar-refractivity contribution >= 4 is 24.8 Å². The molecule has 148 valence electrons. The molecule has 0 unspecified atom stereocenters. The van der Waals surface area contributed by atoms with Gasteiger partial charge in [0.2, 0.25) is 0 Å². The van der Waals surface area contributed by atoms with Crippen LogP contribution in [0.25, 0.3) is 0 Å². The number of benzene rings is 2. The second-order valence-electron chi connectivity index (χ2n) is 6.76. The van der Waals surface area contributed by atoms with Gasteiger partial charge in [-0.2, -0.15) is 0 Å². The summed E-state index contributed by atoms with van der Waals surface area (Å²) in [7, 11) is 0. The van der Waals surface area contributed by atoms with Crippen molar-refractivity contribution in [2.24, 2.45) is 0 Å². The Morgan fingerprint density at radius 2 is 1.67 bits per heavy atom. The highest BCUT2D eigenvalue weighted by Gasteiger charge is 2.37. The molecule has 1 aliphatic heterocycles. The Kier molecular flexibility index (Phi) is 8.01. The standard InChI is InChI=1S/C20H22F2N2O.2ClH/c21-16-9-14(10-17(22)12-16)13-25-19-11-15-3-1-2-4-18(15)20(19)24-7-5-23-6-8-24;;/h1-4,9-10,12,19-20,23H,5-8,11,13H2;2*1H/t19-,20+;;/m1../s1. The van der Waals surface area contributed by atoms with Crippen molar-refractivity contribution in [3.8, 4) is 0 Å². The summed E-state index contributed by atoms with van der Waals surface area (Å²) in [6.07, 6.45) is 0.838. The zero-order valence-electron chi connectivity index (χ0n) is 14.9. The molecule has 3 nitrogen and oxygen atoms in total. The molecular formula is C20H24Cl2F2N2O. The van der Waals surface area contributed by atoms with Gasteiger partial charge in [0.15, 0.2) is 0 Å². The Balaban J connectivity index is 0.00000131. The third-order valence-corrected chi connectivity index (χ3v) is 5.08. The first-order valence-corrected chi connectivity index (χ1v) is 8.80. The van der Waals surface area contributed by atoms with Crippen LogP contribution in [0.4, 0.5) is 8.78 Å². The normalized spacial score (nSPS) is 21.9. The van der Waals surface area contributed by atoms with Crippen molar-refractivity contribution in [1.29, 1.82) is 0 Å². The van der Waals surface area contributed by atoms with E-state index in [0.29, 0.717) is 5.56 Å². The summed E-state index contributed by atoms with van der Waals surface area (Å²) in [4.78, 5) is 2.46. The molecule has 1 fully saturated rings. The van der Waals surface area contributed by atoms with Crippen LogP contribution in [0.15, 0.2) is 42.5 Å². The molecule has 27 heavy (non-hydrogen) atoms. The second kappa shape index (κ2) is 9.80. The molecule has 2 aromatic carbocycles. The van der Waals surface area contributed by atoms with Gasteiger partial charge in [-0.3, -0.25) is 4.90 Å². The molecule has 4 rings (SSSR count). The number of nitrogens with zero attached hydrogens (tertiary/aromatic N) is 1. The van der Waals surface area contributed by atoms with Crippen molar-refractivity contribution in [3.05, 3.63) is 70.8 Å². The van der Waals surface area contributed by atoms with Gasteiger partial charge in [0.05, 0.1) is 18.8 Å². The summed E-state index contributed by atoms with van der Waals surface area (Å²) >= 11 is 0. The maximum Gasteiger partial charge on any atom is 0.126 e. The van der Waals surface area contributed by atoms with Crippen LogP contribution in [-0.2, 0) is 17.8 Å². The maximum atomic E-state index is 13.4. The lowest BCUT2D eigenvalue weighted by Gasteiger charge is -2.36. The van der Waals surface area contributed by atoms with Gasteiger partial charge in [-0.1, -0.05) is 24.3 Å². The average molecular weight is 417 g/mol. The Morgan fingerprint density at radius 3 is 2.37 bits per heavy atom. The number of ether oxygens (including phenoxy) is 1.